The van der Waals surface area contributed by atoms with Crippen LogP contribution in [0.15, 0.2) is 97.6 Å². The number of nitrogens with zero attached hydrogens (tertiary/aromatic N) is 4. The van der Waals surface area contributed by atoms with E-state index >= 15 is 0 Å². The zero-order valence-corrected chi connectivity index (χ0v) is 16.0. The lowest BCUT2D eigenvalue weighted by Gasteiger charge is -1.92. The SMILES string of the molecule is c1ccc(-c2[nH]c(-c3[nH]c(-c4ccccn4)[n+]4ccccc34)c3cccc[n+]23)nc1. The lowest BCUT2D eigenvalue weighted by Crippen LogP contribution is -2.21. The molecule has 6 nitrogen and oxygen atoms in total. The second-order valence-electron chi connectivity index (χ2n) is 7.04. The molecule has 6 heteroatoms. The molecular weight excluding hydrogens is 372 g/mol. The smallest absolute Gasteiger partial charge is 0.248 e. The van der Waals surface area contributed by atoms with E-state index in [-0.39, 0.29) is 0 Å². The van der Waals surface area contributed by atoms with Crippen LogP contribution in [0.1, 0.15) is 0 Å². The van der Waals surface area contributed by atoms with Crippen molar-refractivity contribution in [1.29, 1.82) is 0 Å². The Morgan fingerprint density at radius 3 is 1.43 bits per heavy atom. The molecule has 0 aliphatic rings. The highest BCUT2D eigenvalue weighted by Crippen LogP contribution is 2.28. The molecule has 6 aromatic rings. The van der Waals surface area contributed by atoms with Crippen LogP contribution in [-0.4, -0.2) is 19.9 Å². The summed E-state index contributed by atoms with van der Waals surface area (Å²) >= 11 is 0. The van der Waals surface area contributed by atoms with Crippen molar-refractivity contribution in [3.63, 3.8) is 0 Å². The molecule has 0 amide bonds. The summed E-state index contributed by atoms with van der Waals surface area (Å²) in [6.07, 6.45) is 7.73. The molecule has 6 aromatic heterocycles. The number of aromatic amines is 2. The number of H-pyrrole nitrogens is 2. The highest BCUT2D eigenvalue weighted by Gasteiger charge is 2.30. The van der Waals surface area contributed by atoms with Gasteiger partial charge in [-0.2, -0.15) is 8.80 Å². The van der Waals surface area contributed by atoms with E-state index in [1.54, 1.807) is 0 Å². The molecule has 6 heterocycles. The predicted octanol–water partition coefficient (Wildman–Crippen LogP) is 3.61. The monoisotopic (exact) mass is 390 g/mol. The first-order valence-electron chi connectivity index (χ1n) is 9.78. The van der Waals surface area contributed by atoms with Gasteiger partial charge in [-0.15, -0.1) is 0 Å². The van der Waals surface area contributed by atoms with Gasteiger partial charge in [-0.3, -0.25) is 0 Å². The topological polar surface area (TPSA) is 65.6 Å². The number of fused-ring (bicyclic) bond motifs is 2. The summed E-state index contributed by atoms with van der Waals surface area (Å²) in [5.74, 6) is 1.87. The number of hydrogen-bond donors (Lipinski definition) is 2. The maximum Gasteiger partial charge on any atom is 0.311 e. The Balaban J connectivity index is 1.66. The van der Waals surface area contributed by atoms with Crippen LogP contribution in [0.25, 0.3) is 45.5 Å². The number of imidazole rings is 2. The minimum Gasteiger partial charge on any atom is -0.248 e. The van der Waals surface area contributed by atoms with E-state index in [4.69, 9.17) is 0 Å². The van der Waals surface area contributed by atoms with E-state index in [1.165, 1.54) is 0 Å². The molecule has 0 fully saturated rings. The molecule has 0 aromatic carbocycles. The Morgan fingerprint density at radius 2 is 1.00 bits per heavy atom. The van der Waals surface area contributed by atoms with Crippen molar-refractivity contribution in [2.24, 2.45) is 0 Å². The van der Waals surface area contributed by atoms with Crippen LogP contribution in [0.3, 0.4) is 0 Å². The van der Waals surface area contributed by atoms with Crippen LogP contribution in [0, 0.1) is 0 Å². The van der Waals surface area contributed by atoms with Crippen molar-refractivity contribution in [2.45, 2.75) is 0 Å². The second kappa shape index (κ2) is 6.63. The highest BCUT2D eigenvalue weighted by molar-refractivity contribution is 5.83. The molecule has 0 aliphatic heterocycles. The van der Waals surface area contributed by atoms with E-state index in [1.807, 2.05) is 73.1 Å². The van der Waals surface area contributed by atoms with Gasteiger partial charge >= 0.3 is 11.6 Å². The number of hydrogen-bond acceptors (Lipinski definition) is 2. The van der Waals surface area contributed by atoms with Gasteiger partial charge in [0, 0.05) is 12.4 Å². The minimum absolute atomic E-state index is 0.887. The summed E-state index contributed by atoms with van der Waals surface area (Å²) in [4.78, 5) is 16.3. The third kappa shape index (κ3) is 2.51. The summed E-state index contributed by atoms with van der Waals surface area (Å²) in [7, 11) is 0. The van der Waals surface area contributed by atoms with Gasteiger partial charge in [0.05, 0.1) is 12.4 Å². The summed E-state index contributed by atoms with van der Waals surface area (Å²) in [6.45, 7) is 0. The van der Waals surface area contributed by atoms with Gasteiger partial charge in [0.1, 0.15) is 0 Å². The lowest BCUT2D eigenvalue weighted by atomic mass is 10.2. The van der Waals surface area contributed by atoms with E-state index in [2.05, 4.69) is 53.3 Å². The molecular formula is C24H18N6+2. The number of aromatic nitrogens is 6. The van der Waals surface area contributed by atoms with Crippen LogP contribution < -0.4 is 8.80 Å². The molecule has 30 heavy (non-hydrogen) atoms. The van der Waals surface area contributed by atoms with E-state index in [0.29, 0.717) is 0 Å². The number of pyridine rings is 4. The first-order chi connectivity index (χ1) is 14.9. The van der Waals surface area contributed by atoms with Crippen LogP contribution in [-0.2, 0) is 0 Å². The van der Waals surface area contributed by atoms with Gasteiger partial charge in [-0.25, -0.2) is 19.9 Å². The van der Waals surface area contributed by atoms with Crippen molar-refractivity contribution in [3.8, 4) is 34.4 Å². The predicted molar refractivity (Wildman–Crippen MR) is 113 cm³/mol. The van der Waals surface area contributed by atoms with Gasteiger partial charge in [-0.1, -0.05) is 24.3 Å². The Hall–Kier alpha value is -4.32. The average Bonchev–Trinajstić information content (AvgIpc) is 3.39. The van der Waals surface area contributed by atoms with Crippen LogP contribution >= 0.6 is 0 Å². The first-order valence-corrected chi connectivity index (χ1v) is 9.78. The van der Waals surface area contributed by atoms with E-state index in [0.717, 1.165) is 45.5 Å². The fourth-order valence-electron chi connectivity index (χ4n) is 3.93. The largest absolute Gasteiger partial charge is 0.311 e. The zero-order valence-electron chi connectivity index (χ0n) is 16.0. The van der Waals surface area contributed by atoms with Gasteiger partial charge in [-0.05, 0) is 48.5 Å². The van der Waals surface area contributed by atoms with Crippen LogP contribution in [0.5, 0.6) is 0 Å². The quantitative estimate of drug-likeness (QED) is 0.454. The lowest BCUT2D eigenvalue weighted by molar-refractivity contribution is -0.499. The molecule has 0 saturated carbocycles. The first kappa shape index (κ1) is 16.6. The van der Waals surface area contributed by atoms with Gasteiger partial charge < -0.3 is 0 Å². The number of nitrogens with one attached hydrogen (secondary N) is 2. The van der Waals surface area contributed by atoms with Gasteiger partial charge in [0.2, 0.25) is 11.4 Å². The fourth-order valence-corrected chi connectivity index (χ4v) is 3.93. The Labute approximate surface area is 172 Å². The number of rotatable bonds is 3. The molecule has 0 bridgehead atoms. The summed E-state index contributed by atoms with van der Waals surface area (Å²) in [5, 5.41) is 0. The second-order valence-corrected chi connectivity index (χ2v) is 7.04. The molecule has 0 saturated heterocycles. The Kier molecular flexibility index (Phi) is 3.67. The Morgan fingerprint density at radius 1 is 0.533 bits per heavy atom. The zero-order chi connectivity index (χ0) is 19.9. The van der Waals surface area contributed by atoms with E-state index in [9.17, 15) is 0 Å². The van der Waals surface area contributed by atoms with Crippen molar-refractivity contribution in [1.82, 2.24) is 19.9 Å². The van der Waals surface area contributed by atoms with Crippen molar-refractivity contribution in [3.05, 3.63) is 97.6 Å². The molecule has 0 aliphatic carbocycles. The fraction of sp³-hybridized carbons (Fsp3) is 0. The van der Waals surface area contributed by atoms with Crippen LogP contribution in [0.4, 0.5) is 0 Å². The van der Waals surface area contributed by atoms with Crippen molar-refractivity contribution in [2.75, 3.05) is 0 Å². The summed E-state index contributed by atoms with van der Waals surface area (Å²) < 4.78 is 4.27. The highest BCUT2D eigenvalue weighted by atomic mass is 15.1. The molecule has 6 rings (SSSR count). The molecule has 0 unspecified atom stereocenters. The average molecular weight is 390 g/mol. The standard InChI is InChI=1S/C24H16N6/c1-5-13-25-17(9-1)23-27-21(19-11-3-7-15-29(19)23)22-20-12-4-8-16-30(20)24(28-22)18-10-2-6-14-26-18/h1-16H/p+2. The third-order valence-corrected chi connectivity index (χ3v) is 5.27. The summed E-state index contributed by atoms with van der Waals surface area (Å²) in [6, 6.07) is 24.2. The molecule has 0 spiro atoms. The van der Waals surface area contributed by atoms with Gasteiger partial charge in [0.25, 0.3) is 0 Å². The van der Waals surface area contributed by atoms with Crippen molar-refractivity contribution < 1.29 is 8.80 Å². The molecule has 142 valence electrons. The molecule has 0 atom stereocenters. The maximum absolute atomic E-state index is 4.54. The summed E-state index contributed by atoms with van der Waals surface area (Å²) in [5.41, 5.74) is 5.91. The van der Waals surface area contributed by atoms with Crippen molar-refractivity contribution >= 4 is 11.0 Å². The van der Waals surface area contributed by atoms with Gasteiger partial charge in [0.15, 0.2) is 22.4 Å². The Bertz CT molecular complexity index is 1370. The normalized spacial score (nSPS) is 11.3. The molecule has 0 radical (unpaired) electrons. The third-order valence-electron chi connectivity index (χ3n) is 5.27. The van der Waals surface area contributed by atoms with Crippen LogP contribution in [0.2, 0.25) is 0 Å². The van der Waals surface area contributed by atoms with E-state index < -0.39 is 0 Å². The minimum atomic E-state index is 0.887. The molecule has 2 N–H and O–H groups in total. The maximum atomic E-state index is 4.54.